The van der Waals surface area contributed by atoms with Crippen molar-refractivity contribution < 1.29 is 8.42 Å². The standard InChI is InChI=1S/C10H14ClN5O2S/c1-3-4-9-12-10(19(11,17)18)7-16(9)6-8-5-15(2)14-13-8/h5,7H,3-4,6H2,1-2H3. The molecule has 2 aromatic rings. The second kappa shape index (κ2) is 5.30. The molecule has 0 radical (unpaired) electrons. The molecule has 0 aliphatic rings. The van der Waals surface area contributed by atoms with Crippen molar-refractivity contribution in [3.63, 3.8) is 0 Å². The van der Waals surface area contributed by atoms with Crippen molar-refractivity contribution in [2.75, 3.05) is 0 Å². The number of aromatic nitrogens is 5. The van der Waals surface area contributed by atoms with Gasteiger partial charge in [-0.05, 0) is 6.42 Å². The van der Waals surface area contributed by atoms with E-state index in [9.17, 15) is 8.42 Å². The molecule has 0 aromatic carbocycles. The molecule has 19 heavy (non-hydrogen) atoms. The van der Waals surface area contributed by atoms with Crippen LogP contribution in [0.2, 0.25) is 0 Å². The van der Waals surface area contributed by atoms with Gasteiger partial charge in [0.2, 0.25) is 0 Å². The number of nitrogens with zero attached hydrogens (tertiary/aromatic N) is 5. The molecule has 2 heterocycles. The van der Waals surface area contributed by atoms with E-state index in [1.165, 1.54) is 6.20 Å². The molecule has 0 N–H and O–H groups in total. The Morgan fingerprint density at radius 3 is 2.63 bits per heavy atom. The lowest BCUT2D eigenvalue weighted by atomic mass is 10.3. The molecule has 2 rings (SSSR count). The Morgan fingerprint density at radius 1 is 1.37 bits per heavy atom. The van der Waals surface area contributed by atoms with Crippen molar-refractivity contribution >= 4 is 19.7 Å². The molecule has 0 atom stereocenters. The highest BCUT2D eigenvalue weighted by Crippen LogP contribution is 2.16. The lowest BCUT2D eigenvalue weighted by Crippen LogP contribution is -2.04. The van der Waals surface area contributed by atoms with Gasteiger partial charge in [-0.2, -0.15) is 0 Å². The molecule has 0 saturated carbocycles. The molecule has 104 valence electrons. The van der Waals surface area contributed by atoms with Crippen molar-refractivity contribution in [3.8, 4) is 0 Å². The Kier molecular flexibility index (Phi) is 3.91. The van der Waals surface area contributed by atoms with E-state index in [0.717, 1.165) is 12.1 Å². The monoisotopic (exact) mass is 303 g/mol. The van der Waals surface area contributed by atoms with Crippen LogP contribution in [-0.2, 0) is 29.1 Å². The molecule has 2 aromatic heterocycles. The summed E-state index contributed by atoms with van der Waals surface area (Å²) in [6.45, 7) is 2.42. The van der Waals surface area contributed by atoms with Crippen LogP contribution in [-0.4, -0.2) is 33.0 Å². The normalized spacial score (nSPS) is 11.9. The van der Waals surface area contributed by atoms with E-state index in [1.807, 2.05) is 6.92 Å². The molecular formula is C10H14ClN5O2S. The maximum atomic E-state index is 11.3. The van der Waals surface area contributed by atoms with Crippen LogP contribution in [0.4, 0.5) is 0 Å². The van der Waals surface area contributed by atoms with E-state index in [4.69, 9.17) is 10.7 Å². The Bertz CT molecular complexity index is 676. The maximum absolute atomic E-state index is 11.3. The van der Waals surface area contributed by atoms with E-state index < -0.39 is 9.05 Å². The Morgan fingerprint density at radius 2 is 2.11 bits per heavy atom. The van der Waals surface area contributed by atoms with E-state index in [2.05, 4.69) is 15.3 Å². The summed E-state index contributed by atoms with van der Waals surface area (Å²) in [5.41, 5.74) is 0.732. The van der Waals surface area contributed by atoms with Gasteiger partial charge in [-0.1, -0.05) is 12.1 Å². The summed E-state index contributed by atoms with van der Waals surface area (Å²) >= 11 is 0. The van der Waals surface area contributed by atoms with Crippen LogP contribution in [0.15, 0.2) is 17.4 Å². The summed E-state index contributed by atoms with van der Waals surface area (Å²) < 4.78 is 26.0. The van der Waals surface area contributed by atoms with E-state index >= 15 is 0 Å². The largest absolute Gasteiger partial charge is 0.327 e. The minimum Gasteiger partial charge on any atom is -0.327 e. The number of halogens is 1. The lowest BCUT2D eigenvalue weighted by molar-refractivity contribution is 0.606. The van der Waals surface area contributed by atoms with Gasteiger partial charge in [0.15, 0.2) is 5.03 Å². The van der Waals surface area contributed by atoms with Crippen LogP contribution in [0, 0.1) is 0 Å². The minimum atomic E-state index is -3.81. The van der Waals surface area contributed by atoms with Gasteiger partial charge >= 0.3 is 0 Å². The van der Waals surface area contributed by atoms with Crippen LogP contribution < -0.4 is 0 Å². The quantitative estimate of drug-likeness (QED) is 0.768. The molecule has 0 aliphatic carbocycles. The van der Waals surface area contributed by atoms with Crippen molar-refractivity contribution in [2.45, 2.75) is 31.3 Å². The zero-order chi connectivity index (χ0) is 14.0. The van der Waals surface area contributed by atoms with Crippen molar-refractivity contribution in [2.24, 2.45) is 7.05 Å². The highest BCUT2D eigenvalue weighted by molar-refractivity contribution is 8.13. The Labute approximate surface area is 115 Å². The Balaban J connectivity index is 2.35. The van der Waals surface area contributed by atoms with Crippen LogP contribution in [0.3, 0.4) is 0 Å². The zero-order valence-corrected chi connectivity index (χ0v) is 12.2. The zero-order valence-electron chi connectivity index (χ0n) is 10.6. The van der Waals surface area contributed by atoms with Crippen molar-refractivity contribution in [1.82, 2.24) is 24.5 Å². The van der Waals surface area contributed by atoms with Crippen LogP contribution in [0.1, 0.15) is 24.9 Å². The molecule has 0 saturated heterocycles. The van der Waals surface area contributed by atoms with E-state index in [0.29, 0.717) is 18.8 Å². The third kappa shape index (κ3) is 3.32. The van der Waals surface area contributed by atoms with Gasteiger partial charge in [-0.15, -0.1) is 5.10 Å². The van der Waals surface area contributed by atoms with Crippen molar-refractivity contribution in [3.05, 3.63) is 23.9 Å². The number of aryl methyl sites for hydroxylation is 2. The fraction of sp³-hybridized carbons (Fsp3) is 0.500. The van der Waals surface area contributed by atoms with Gasteiger partial charge in [-0.3, -0.25) is 4.68 Å². The van der Waals surface area contributed by atoms with E-state index in [1.54, 1.807) is 22.5 Å². The average molecular weight is 304 g/mol. The topological polar surface area (TPSA) is 82.7 Å². The molecule has 0 fully saturated rings. The molecule has 0 amide bonds. The second-order valence-corrected chi connectivity index (χ2v) is 6.71. The number of rotatable bonds is 5. The van der Waals surface area contributed by atoms with Gasteiger partial charge < -0.3 is 4.57 Å². The SMILES string of the molecule is CCCc1nc(S(=O)(=O)Cl)cn1Cc1cn(C)nn1. The second-order valence-electron chi connectivity index (χ2n) is 4.19. The van der Waals surface area contributed by atoms with Crippen LogP contribution in [0.25, 0.3) is 0 Å². The van der Waals surface area contributed by atoms with E-state index in [-0.39, 0.29) is 5.03 Å². The maximum Gasteiger partial charge on any atom is 0.280 e. The van der Waals surface area contributed by atoms with Gasteiger partial charge in [-0.25, -0.2) is 13.4 Å². The first-order chi connectivity index (χ1) is 8.90. The molecule has 0 bridgehead atoms. The fourth-order valence-corrected chi connectivity index (χ4v) is 2.44. The summed E-state index contributed by atoms with van der Waals surface area (Å²) in [5.74, 6) is 0.673. The number of imidazole rings is 1. The van der Waals surface area contributed by atoms with Crippen LogP contribution in [0.5, 0.6) is 0 Å². The minimum absolute atomic E-state index is 0.124. The summed E-state index contributed by atoms with van der Waals surface area (Å²) in [7, 11) is 3.27. The van der Waals surface area contributed by atoms with Gasteiger partial charge in [0.05, 0.1) is 6.54 Å². The predicted molar refractivity (Wildman–Crippen MR) is 69.4 cm³/mol. The van der Waals surface area contributed by atoms with Gasteiger partial charge in [0.25, 0.3) is 9.05 Å². The average Bonchev–Trinajstić information content (AvgIpc) is 2.87. The van der Waals surface area contributed by atoms with Gasteiger partial charge in [0, 0.05) is 36.5 Å². The highest BCUT2D eigenvalue weighted by atomic mass is 35.7. The third-order valence-corrected chi connectivity index (χ3v) is 3.71. The lowest BCUT2D eigenvalue weighted by Gasteiger charge is -2.03. The Hall–Kier alpha value is -1.41. The highest BCUT2D eigenvalue weighted by Gasteiger charge is 2.18. The third-order valence-electron chi connectivity index (χ3n) is 2.54. The van der Waals surface area contributed by atoms with Gasteiger partial charge in [0.1, 0.15) is 11.5 Å². The summed E-state index contributed by atoms with van der Waals surface area (Å²) in [6.07, 6.45) is 4.73. The molecular weight excluding hydrogens is 290 g/mol. The molecule has 0 aliphatic heterocycles. The summed E-state index contributed by atoms with van der Waals surface area (Å²) in [4.78, 5) is 4.06. The first-order valence-corrected chi connectivity index (χ1v) is 8.07. The number of hydrogen-bond acceptors (Lipinski definition) is 5. The number of hydrogen-bond donors (Lipinski definition) is 0. The molecule has 9 heteroatoms. The van der Waals surface area contributed by atoms with Crippen LogP contribution >= 0.6 is 10.7 Å². The molecule has 0 spiro atoms. The first-order valence-electron chi connectivity index (χ1n) is 5.76. The van der Waals surface area contributed by atoms with Crippen molar-refractivity contribution in [1.29, 1.82) is 0 Å². The summed E-state index contributed by atoms with van der Waals surface area (Å²) in [5, 5.41) is 7.67. The molecule has 0 unspecified atom stereocenters. The fourth-order valence-electron chi connectivity index (χ4n) is 1.75. The first kappa shape index (κ1) is 14.0. The smallest absolute Gasteiger partial charge is 0.280 e. The molecule has 7 nitrogen and oxygen atoms in total. The summed E-state index contributed by atoms with van der Waals surface area (Å²) in [6, 6.07) is 0. The predicted octanol–water partition coefficient (Wildman–Crippen LogP) is 0.940.